The van der Waals surface area contributed by atoms with Gasteiger partial charge in [0.05, 0.1) is 33.2 Å². The third-order valence-corrected chi connectivity index (χ3v) is 16.7. The summed E-state index contributed by atoms with van der Waals surface area (Å²) in [4.78, 5) is 15.8. The van der Waals surface area contributed by atoms with Gasteiger partial charge in [0.15, 0.2) is 11.1 Å². The number of nitrogens with one attached hydrogen (secondary N) is 2. The molecule has 0 aromatic heterocycles. The molecule has 5 aromatic carbocycles. The van der Waals surface area contributed by atoms with E-state index in [0.717, 1.165) is 62.7 Å². The molecular formula is C59H76N4O7S2. The molecule has 0 saturated heterocycles. The van der Waals surface area contributed by atoms with Crippen LogP contribution in [0.15, 0.2) is 127 Å². The first-order chi connectivity index (χ1) is 34.7. The minimum absolute atomic E-state index is 0.00378. The molecule has 1 heterocycles. The Hall–Kier alpha value is -5.15. The highest BCUT2D eigenvalue weighted by atomic mass is 32.2. The fourth-order valence-electron chi connectivity index (χ4n) is 10.9. The van der Waals surface area contributed by atoms with Crippen molar-refractivity contribution >= 4 is 65.6 Å². The Morgan fingerprint density at radius 3 is 2.35 bits per heavy atom. The molecule has 0 saturated carbocycles. The van der Waals surface area contributed by atoms with Crippen molar-refractivity contribution in [2.24, 2.45) is 11.7 Å². The summed E-state index contributed by atoms with van der Waals surface area (Å²) in [6.45, 7) is 12.5. The molecule has 5 aromatic rings. The van der Waals surface area contributed by atoms with Crippen LogP contribution in [0.5, 0.6) is 0 Å². The zero-order valence-corrected chi connectivity index (χ0v) is 44.9. The minimum atomic E-state index is -3.50. The largest absolute Gasteiger partial charge is 0.385 e. The zero-order valence-electron chi connectivity index (χ0n) is 43.3. The van der Waals surface area contributed by atoms with Gasteiger partial charge in [-0.3, -0.25) is 13.2 Å². The second-order valence-electron chi connectivity index (χ2n) is 20.2. The van der Waals surface area contributed by atoms with Gasteiger partial charge in [0.1, 0.15) is 0 Å². The first kappa shape index (κ1) is 54.6. The van der Waals surface area contributed by atoms with Crippen molar-refractivity contribution in [3.63, 3.8) is 0 Å². The fourth-order valence-corrected chi connectivity index (χ4v) is 12.2. The Kier molecular flexibility index (Phi) is 19.1. The standard InChI is InChI=1S/C59H76N4O7S2/c1-58(2,55-49-22-9-7-17-43(49)28-31-51(55)61-36-11-14-42-72(66,67)69-6)34-16-21-45-19-15-20-46(54(45)47-24-26-48(27-25-47)57(64)62-37-40-70-39-35-60)30-33-53-59(3,4)56-50-23-10-8-18-44(50)29-32-52(56)63(53)38-12-13-41-71(65)68-5/h7-10,16-18,21-29,31-33,46,61H,11-15,19-20,30,34-42,60H2,1-6H3,(H,62,64)/b21-16+,53-33-. The molecule has 0 radical (unpaired) electrons. The van der Waals surface area contributed by atoms with E-state index in [1.54, 1.807) is 0 Å². The van der Waals surface area contributed by atoms with Crippen molar-refractivity contribution in [3.8, 4) is 0 Å². The van der Waals surface area contributed by atoms with Crippen LogP contribution < -0.4 is 21.3 Å². The molecule has 1 aliphatic heterocycles. The van der Waals surface area contributed by atoms with Crippen molar-refractivity contribution in [3.05, 3.63) is 149 Å². The summed E-state index contributed by atoms with van der Waals surface area (Å²) in [6.07, 6.45) is 14.8. The van der Waals surface area contributed by atoms with Crippen LogP contribution in [0.25, 0.3) is 27.1 Å². The van der Waals surface area contributed by atoms with Crippen LogP contribution in [0.4, 0.5) is 11.4 Å². The van der Waals surface area contributed by atoms with E-state index in [4.69, 9.17) is 14.7 Å². The summed E-state index contributed by atoms with van der Waals surface area (Å²) in [6, 6.07) is 34.2. The molecular weight excluding hydrogens is 941 g/mol. The van der Waals surface area contributed by atoms with E-state index < -0.39 is 21.2 Å². The Morgan fingerprint density at radius 2 is 1.61 bits per heavy atom. The number of carbonyl (C=O) groups is 1. The summed E-state index contributed by atoms with van der Waals surface area (Å²) in [5.41, 5.74) is 15.6. The second kappa shape index (κ2) is 25.2. The van der Waals surface area contributed by atoms with Crippen LogP contribution in [0.1, 0.15) is 113 Å². The van der Waals surface area contributed by atoms with E-state index in [9.17, 15) is 17.4 Å². The van der Waals surface area contributed by atoms with Gasteiger partial charge in [-0.15, -0.1) is 0 Å². The highest BCUT2D eigenvalue weighted by Crippen LogP contribution is 2.52. The molecule has 2 unspecified atom stereocenters. The average Bonchev–Trinajstić information content (AvgIpc) is 3.60. The maximum atomic E-state index is 13.3. The van der Waals surface area contributed by atoms with E-state index in [0.29, 0.717) is 57.0 Å². The quantitative estimate of drug-likeness (QED) is 0.0361. The van der Waals surface area contributed by atoms with Crippen LogP contribution in [0.2, 0.25) is 0 Å². The van der Waals surface area contributed by atoms with Gasteiger partial charge in [-0.05, 0) is 143 Å². The number of nitrogens with zero attached hydrogens (tertiary/aromatic N) is 1. The Bertz CT molecular complexity index is 2890. The number of rotatable bonds is 26. The Labute approximate surface area is 431 Å². The van der Waals surface area contributed by atoms with Crippen molar-refractivity contribution in [2.45, 2.75) is 96.3 Å². The highest BCUT2D eigenvalue weighted by molar-refractivity contribution is 7.86. The first-order valence-corrected chi connectivity index (χ1v) is 28.5. The molecule has 11 nitrogen and oxygen atoms in total. The molecule has 7 rings (SSSR count). The van der Waals surface area contributed by atoms with E-state index in [1.807, 2.05) is 12.1 Å². The summed E-state index contributed by atoms with van der Waals surface area (Å²) in [5.74, 6) is 0.602. The third kappa shape index (κ3) is 13.3. The van der Waals surface area contributed by atoms with Crippen LogP contribution in [-0.2, 0) is 45.1 Å². The number of allylic oxidation sites excluding steroid dienone is 6. The van der Waals surface area contributed by atoms with E-state index in [1.165, 1.54) is 69.4 Å². The van der Waals surface area contributed by atoms with Gasteiger partial charge in [-0.2, -0.15) is 8.42 Å². The first-order valence-electron chi connectivity index (χ1n) is 25.7. The predicted molar refractivity (Wildman–Crippen MR) is 298 cm³/mol. The molecule has 72 heavy (non-hydrogen) atoms. The van der Waals surface area contributed by atoms with E-state index in [-0.39, 0.29) is 28.4 Å². The number of benzene rings is 5. The van der Waals surface area contributed by atoms with E-state index >= 15 is 0 Å². The lowest BCUT2D eigenvalue weighted by Gasteiger charge is -2.31. The number of ether oxygens (including phenoxy) is 1. The molecule has 2 atom stereocenters. The molecule has 1 aliphatic carbocycles. The van der Waals surface area contributed by atoms with Crippen LogP contribution in [0, 0.1) is 5.92 Å². The van der Waals surface area contributed by atoms with Gasteiger partial charge in [0.25, 0.3) is 16.0 Å². The van der Waals surface area contributed by atoms with Crippen molar-refractivity contribution in [2.75, 3.05) is 75.3 Å². The second-order valence-corrected chi connectivity index (χ2v) is 23.4. The van der Waals surface area contributed by atoms with Gasteiger partial charge in [-0.1, -0.05) is 119 Å². The number of nitrogens with two attached hydrogens (primary N) is 1. The van der Waals surface area contributed by atoms with Gasteiger partial charge >= 0.3 is 0 Å². The van der Waals surface area contributed by atoms with E-state index in [2.05, 4.69) is 151 Å². The fraction of sp³-hybridized carbons (Fsp3) is 0.441. The number of anilines is 2. The molecule has 0 fully saturated rings. The monoisotopic (exact) mass is 1020 g/mol. The van der Waals surface area contributed by atoms with Crippen LogP contribution in [-0.4, -0.2) is 83.7 Å². The van der Waals surface area contributed by atoms with Gasteiger partial charge in [0.2, 0.25) is 0 Å². The van der Waals surface area contributed by atoms with Gasteiger partial charge in [0, 0.05) is 60.0 Å². The summed E-state index contributed by atoms with van der Waals surface area (Å²) in [7, 11) is -0.784. The smallest absolute Gasteiger partial charge is 0.267 e. The topological polar surface area (TPSA) is 149 Å². The number of hydrogen-bond acceptors (Lipinski definition) is 10. The number of fused-ring (bicyclic) bond motifs is 4. The maximum absolute atomic E-state index is 13.3. The van der Waals surface area contributed by atoms with Gasteiger partial charge in [-0.25, -0.2) is 4.21 Å². The minimum Gasteiger partial charge on any atom is -0.385 e. The van der Waals surface area contributed by atoms with Crippen molar-refractivity contribution in [1.29, 1.82) is 0 Å². The lowest BCUT2D eigenvalue weighted by molar-refractivity contribution is 0.0920. The zero-order chi connectivity index (χ0) is 51.3. The van der Waals surface area contributed by atoms with Crippen molar-refractivity contribution < 1.29 is 30.5 Å². The summed E-state index contributed by atoms with van der Waals surface area (Å²) < 4.78 is 51.4. The molecule has 386 valence electrons. The third-order valence-electron chi connectivity index (χ3n) is 14.4. The average molecular weight is 1020 g/mol. The number of hydrogen-bond donors (Lipinski definition) is 3. The number of unbranched alkanes of at least 4 members (excludes halogenated alkanes) is 2. The summed E-state index contributed by atoms with van der Waals surface area (Å²) in [5, 5.41) is 11.5. The predicted octanol–water partition coefficient (Wildman–Crippen LogP) is 11.5. The molecule has 4 N–H and O–H groups in total. The molecule has 0 bridgehead atoms. The summed E-state index contributed by atoms with van der Waals surface area (Å²) >= 11 is -1.28. The van der Waals surface area contributed by atoms with Crippen molar-refractivity contribution in [1.82, 2.24) is 5.32 Å². The Morgan fingerprint density at radius 1 is 0.889 bits per heavy atom. The highest BCUT2D eigenvalue weighted by Gasteiger charge is 2.41. The number of carbonyl (C=O) groups excluding carboxylic acids is 1. The molecule has 0 spiro atoms. The lowest BCUT2D eigenvalue weighted by Crippen LogP contribution is -2.28. The van der Waals surface area contributed by atoms with Crippen LogP contribution in [0.3, 0.4) is 0 Å². The molecule has 1 amide bonds. The molecule has 13 heteroatoms. The Balaban J connectivity index is 1.21. The number of amides is 1. The maximum Gasteiger partial charge on any atom is 0.267 e. The van der Waals surface area contributed by atoms with Crippen LogP contribution >= 0.6 is 0 Å². The lowest BCUT2D eigenvalue weighted by atomic mass is 9.75. The SMILES string of the molecule is COS(=O)CCCCN1/C(=C\CC2CCCC(/C=C/CC(C)(C)c3c(NCCCCS(=O)(=O)OC)ccc4ccccc34)=C2c2ccc(C(=O)NCCOCCN)cc2)C(C)(C)c2c1ccc1ccccc21. The normalized spacial score (nSPS) is 17.1. The van der Waals surface area contributed by atoms with Gasteiger partial charge < -0.3 is 26.0 Å². The molecule has 2 aliphatic rings.